The number of halogens is 3. The van der Waals surface area contributed by atoms with Crippen molar-refractivity contribution in [2.45, 2.75) is 0 Å². The number of nitrogens with zero attached hydrogens (tertiary/aromatic N) is 1. The van der Waals surface area contributed by atoms with E-state index in [1.165, 1.54) is 24.4 Å². The van der Waals surface area contributed by atoms with Crippen LogP contribution >= 0.6 is 11.6 Å². The van der Waals surface area contributed by atoms with Crippen LogP contribution in [0.3, 0.4) is 0 Å². The molecule has 0 unspecified atom stereocenters. The molecule has 0 aliphatic carbocycles. The van der Waals surface area contributed by atoms with E-state index in [0.29, 0.717) is 11.1 Å². The Balaban J connectivity index is 2.50. The Morgan fingerprint density at radius 3 is 2.38 bits per heavy atom. The monoisotopic (exact) mass is 240 g/mol. The van der Waals surface area contributed by atoms with Gasteiger partial charge in [0.05, 0.1) is 5.02 Å². The summed E-state index contributed by atoms with van der Waals surface area (Å²) in [5, 5.41) is 0.0210. The molecule has 16 heavy (non-hydrogen) atoms. The van der Waals surface area contributed by atoms with Crippen LogP contribution in [0.15, 0.2) is 30.5 Å². The quantitative estimate of drug-likeness (QED) is 0.831. The van der Waals surface area contributed by atoms with Crippen molar-refractivity contribution in [3.63, 3.8) is 0 Å². The van der Waals surface area contributed by atoms with E-state index in [1.54, 1.807) is 6.07 Å². The molecule has 0 aliphatic heterocycles. The maximum absolute atomic E-state index is 13.2. The van der Waals surface area contributed by atoms with E-state index >= 15 is 0 Å². The van der Waals surface area contributed by atoms with Gasteiger partial charge in [-0.1, -0.05) is 17.7 Å². The summed E-state index contributed by atoms with van der Waals surface area (Å²) in [6.45, 7) is 0. The van der Waals surface area contributed by atoms with Gasteiger partial charge in [0.25, 0.3) is 0 Å². The van der Waals surface area contributed by atoms with Gasteiger partial charge in [-0.15, -0.1) is 0 Å². The van der Waals surface area contributed by atoms with Crippen molar-refractivity contribution in [2.75, 3.05) is 5.73 Å². The lowest BCUT2D eigenvalue weighted by Crippen LogP contribution is -1.95. The number of nitrogen functional groups attached to an aromatic ring is 1. The van der Waals surface area contributed by atoms with Gasteiger partial charge in [-0.05, 0) is 23.8 Å². The molecule has 2 N–H and O–H groups in total. The number of aromatic nitrogens is 1. The molecule has 0 radical (unpaired) electrons. The molecule has 0 spiro atoms. The van der Waals surface area contributed by atoms with Gasteiger partial charge in [-0.25, -0.2) is 13.8 Å². The van der Waals surface area contributed by atoms with Gasteiger partial charge < -0.3 is 5.73 Å². The molecular weight excluding hydrogens is 234 g/mol. The van der Waals surface area contributed by atoms with Crippen LogP contribution in [0.25, 0.3) is 11.1 Å². The minimum atomic E-state index is -0.632. The molecular formula is C11H7ClF2N2. The molecule has 1 aromatic carbocycles. The Hall–Kier alpha value is -1.68. The van der Waals surface area contributed by atoms with E-state index in [4.69, 9.17) is 17.3 Å². The molecule has 0 saturated carbocycles. The van der Waals surface area contributed by atoms with E-state index in [1.807, 2.05) is 0 Å². The number of benzene rings is 1. The maximum atomic E-state index is 13.2. The van der Waals surface area contributed by atoms with Gasteiger partial charge >= 0.3 is 0 Å². The number of nitrogens with two attached hydrogens (primary N) is 1. The third-order valence-corrected chi connectivity index (χ3v) is 2.43. The van der Waals surface area contributed by atoms with E-state index in [2.05, 4.69) is 4.98 Å². The summed E-state index contributed by atoms with van der Waals surface area (Å²) in [5.41, 5.74) is 6.18. The molecule has 0 bridgehead atoms. The second-order valence-electron chi connectivity index (χ2n) is 3.22. The first-order valence-electron chi connectivity index (χ1n) is 4.44. The molecule has 2 nitrogen and oxygen atoms in total. The van der Waals surface area contributed by atoms with Crippen molar-refractivity contribution in [2.24, 2.45) is 0 Å². The molecule has 0 atom stereocenters. The first-order chi connectivity index (χ1) is 7.58. The molecule has 0 saturated heterocycles. The van der Waals surface area contributed by atoms with Gasteiger partial charge in [-0.3, -0.25) is 0 Å². The largest absolute Gasteiger partial charge is 0.381 e. The number of hydrogen-bond acceptors (Lipinski definition) is 2. The zero-order chi connectivity index (χ0) is 11.7. The highest BCUT2D eigenvalue weighted by Gasteiger charge is 2.06. The average Bonchev–Trinajstić information content (AvgIpc) is 2.26. The second kappa shape index (κ2) is 4.06. The first-order valence-corrected chi connectivity index (χ1v) is 4.82. The van der Waals surface area contributed by atoms with Crippen LogP contribution in [0.2, 0.25) is 5.02 Å². The number of anilines is 1. The maximum Gasteiger partial charge on any atom is 0.165 e. The molecule has 1 heterocycles. The Morgan fingerprint density at radius 2 is 1.75 bits per heavy atom. The summed E-state index contributed by atoms with van der Waals surface area (Å²) in [7, 11) is 0. The predicted molar refractivity (Wildman–Crippen MR) is 59.0 cm³/mol. The Kier molecular flexibility index (Phi) is 2.75. The van der Waals surface area contributed by atoms with Gasteiger partial charge in [0.2, 0.25) is 0 Å². The minimum absolute atomic E-state index is 0.0210. The van der Waals surface area contributed by atoms with Gasteiger partial charge in [0.15, 0.2) is 11.6 Å². The molecule has 1 aromatic heterocycles. The van der Waals surface area contributed by atoms with Crippen LogP contribution in [0, 0.1) is 11.6 Å². The zero-order valence-corrected chi connectivity index (χ0v) is 8.80. The molecule has 2 rings (SSSR count). The summed E-state index contributed by atoms with van der Waals surface area (Å²) < 4.78 is 26.3. The SMILES string of the molecule is Nc1ncc(-c2ccc(Cl)c(F)c2)cc1F. The van der Waals surface area contributed by atoms with Crippen LogP contribution in [0.1, 0.15) is 0 Å². The van der Waals surface area contributed by atoms with Crippen molar-refractivity contribution in [3.05, 3.63) is 47.1 Å². The summed E-state index contributed by atoms with van der Waals surface area (Å²) in [6, 6.07) is 5.40. The van der Waals surface area contributed by atoms with E-state index in [9.17, 15) is 8.78 Å². The van der Waals surface area contributed by atoms with Crippen molar-refractivity contribution >= 4 is 17.4 Å². The van der Waals surface area contributed by atoms with E-state index < -0.39 is 11.6 Å². The number of hydrogen-bond donors (Lipinski definition) is 1. The third kappa shape index (κ3) is 1.97. The van der Waals surface area contributed by atoms with Crippen LogP contribution in [0.5, 0.6) is 0 Å². The van der Waals surface area contributed by atoms with E-state index in [0.717, 1.165) is 0 Å². The van der Waals surface area contributed by atoms with Crippen LogP contribution in [0.4, 0.5) is 14.6 Å². The van der Waals surface area contributed by atoms with Gasteiger partial charge in [-0.2, -0.15) is 0 Å². The smallest absolute Gasteiger partial charge is 0.165 e. The topological polar surface area (TPSA) is 38.9 Å². The Labute approximate surface area is 95.7 Å². The summed E-state index contributed by atoms with van der Waals surface area (Å²) in [5.74, 6) is -1.37. The number of pyridine rings is 1. The summed E-state index contributed by atoms with van der Waals surface area (Å²) in [6.07, 6.45) is 1.38. The van der Waals surface area contributed by atoms with Crippen molar-refractivity contribution in [1.82, 2.24) is 4.98 Å². The fourth-order valence-electron chi connectivity index (χ4n) is 1.28. The second-order valence-corrected chi connectivity index (χ2v) is 3.63. The molecule has 5 heteroatoms. The minimum Gasteiger partial charge on any atom is -0.381 e. The molecule has 0 aliphatic rings. The molecule has 2 aromatic rings. The highest BCUT2D eigenvalue weighted by atomic mass is 35.5. The van der Waals surface area contributed by atoms with Crippen LogP contribution in [-0.4, -0.2) is 4.98 Å². The van der Waals surface area contributed by atoms with Gasteiger partial charge in [0, 0.05) is 11.8 Å². The van der Waals surface area contributed by atoms with Crippen LogP contribution < -0.4 is 5.73 Å². The van der Waals surface area contributed by atoms with Crippen molar-refractivity contribution in [3.8, 4) is 11.1 Å². The lowest BCUT2D eigenvalue weighted by molar-refractivity contribution is 0.626. The standard InChI is InChI=1S/C11H7ClF2N2/c12-8-2-1-6(3-9(8)13)7-4-10(14)11(15)16-5-7/h1-5H,(H2,15,16). The first kappa shape index (κ1) is 10.8. The Bertz CT molecular complexity index is 494. The third-order valence-electron chi connectivity index (χ3n) is 2.12. The van der Waals surface area contributed by atoms with E-state index in [-0.39, 0.29) is 10.8 Å². The van der Waals surface area contributed by atoms with Gasteiger partial charge in [0.1, 0.15) is 5.82 Å². The highest BCUT2D eigenvalue weighted by Crippen LogP contribution is 2.25. The summed E-state index contributed by atoms with van der Waals surface area (Å²) in [4.78, 5) is 3.65. The lowest BCUT2D eigenvalue weighted by Gasteiger charge is -2.03. The molecule has 0 amide bonds. The average molecular weight is 241 g/mol. The fourth-order valence-corrected chi connectivity index (χ4v) is 1.40. The molecule has 82 valence electrons. The highest BCUT2D eigenvalue weighted by molar-refractivity contribution is 6.30. The number of rotatable bonds is 1. The zero-order valence-electron chi connectivity index (χ0n) is 8.05. The predicted octanol–water partition coefficient (Wildman–Crippen LogP) is 3.26. The van der Waals surface area contributed by atoms with Crippen LogP contribution in [-0.2, 0) is 0 Å². The van der Waals surface area contributed by atoms with Crippen molar-refractivity contribution in [1.29, 1.82) is 0 Å². The Morgan fingerprint density at radius 1 is 1.06 bits per heavy atom. The lowest BCUT2D eigenvalue weighted by atomic mass is 10.1. The fraction of sp³-hybridized carbons (Fsp3) is 0. The molecule has 0 fully saturated rings. The summed E-state index contributed by atoms with van der Waals surface area (Å²) >= 11 is 5.54. The normalized spacial score (nSPS) is 10.4. The van der Waals surface area contributed by atoms with Crippen molar-refractivity contribution < 1.29 is 8.78 Å².